The summed E-state index contributed by atoms with van der Waals surface area (Å²) in [6.45, 7) is 5.24. The van der Waals surface area contributed by atoms with Gasteiger partial charge < -0.3 is 25.5 Å². The Balaban J connectivity index is 1.81. The van der Waals surface area contributed by atoms with Crippen LogP contribution < -0.4 is 32.6 Å². The third-order valence-corrected chi connectivity index (χ3v) is 4.98. The van der Waals surface area contributed by atoms with Gasteiger partial charge in [-0.15, -0.1) is 13.2 Å². The summed E-state index contributed by atoms with van der Waals surface area (Å²) in [5.74, 6) is 4.47. The average Bonchev–Trinajstić information content (AvgIpc) is 2.84. The zero-order valence-corrected chi connectivity index (χ0v) is 22.7. The monoisotopic (exact) mass is 587 g/mol. The lowest BCUT2D eigenvalue weighted by Crippen LogP contribution is -2.36. The van der Waals surface area contributed by atoms with Gasteiger partial charge in [0.1, 0.15) is 23.4 Å². The van der Waals surface area contributed by atoms with Gasteiger partial charge in [0.15, 0.2) is 0 Å². The number of aryl methyl sites for hydroxylation is 1. The molecule has 1 aromatic heterocycles. The lowest BCUT2D eigenvalue weighted by atomic mass is 9.99. The van der Waals surface area contributed by atoms with Gasteiger partial charge in [-0.25, -0.2) is 19.8 Å². The first-order valence-corrected chi connectivity index (χ1v) is 12.3. The molecule has 0 bridgehead atoms. The number of benzene rings is 1. The van der Waals surface area contributed by atoms with Crippen molar-refractivity contribution < 1.29 is 36.6 Å². The molecule has 0 radical (unpaired) electrons. The average molecular weight is 588 g/mol. The summed E-state index contributed by atoms with van der Waals surface area (Å²) in [5, 5.41) is 5.61. The van der Waals surface area contributed by atoms with E-state index in [9.17, 15) is 31.9 Å². The Bertz CT molecular complexity index is 1280. The molecule has 2 rings (SSSR count). The Labute approximate surface area is 233 Å². The molecule has 0 saturated carbocycles. The molecule has 0 aliphatic heterocycles. The molecule has 0 aliphatic carbocycles. The second-order valence-corrected chi connectivity index (χ2v) is 10.1. The number of nitrogens with one attached hydrogen (secondary N) is 2. The minimum Gasteiger partial charge on any atom is -0.449 e. The van der Waals surface area contributed by atoms with Crippen LogP contribution in [-0.2, 0) is 22.6 Å². The summed E-state index contributed by atoms with van der Waals surface area (Å²) in [6.07, 6.45) is -4.94. The van der Waals surface area contributed by atoms with Crippen molar-refractivity contribution in [1.29, 1.82) is 0 Å². The topological polar surface area (TPSA) is 167 Å². The molecule has 2 amide bonds. The number of alkyl halides is 4. The summed E-state index contributed by atoms with van der Waals surface area (Å²) in [4.78, 5) is 40.0. The Morgan fingerprint density at radius 1 is 1.22 bits per heavy atom. The van der Waals surface area contributed by atoms with E-state index in [2.05, 4.69) is 20.4 Å². The van der Waals surface area contributed by atoms with Gasteiger partial charge in [-0.3, -0.25) is 14.7 Å². The number of hydrogen-bond donors (Lipinski definition) is 4. The van der Waals surface area contributed by atoms with E-state index in [1.165, 1.54) is 24.4 Å². The van der Waals surface area contributed by atoms with Crippen LogP contribution in [0.25, 0.3) is 0 Å². The van der Waals surface area contributed by atoms with Gasteiger partial charge in [-0.2, -0.15) is 4.98 Å². The predicted octanol–water partition coefficient (Wildman–Crippen LogP) is 2.76. The van der Waals surface area contributed by atoms with Gasteiger partial charge in [0.2, 0.25) is 0 Å². The van der Waals surface area contributed by atoms with Crippen LogP contribution in [0.5, 0.6) is 5.75 Å². The summed E-state index contributed by atoms with van der Waals surface area (Å²) < 4.78 is 61.6. The molecule has 0 fully saturated rings. The summed E-state index contributed by atoms with van der Waals surface area (Å²) >= 11 is 0. The maximum absolute atomic E-state index is 14.5. The highest BCUT2D eigenvalue weighted by Gasteiger charge is 2.31. The second kappa shape index (κ2) is 14.3. The molecule has 1 aromatic carbocycles. The SMILES string of the molecule is CC(C)(C)COC(=O)Nc1ccn(CCC(F)CN(N)/C=C(\N)C(=O)NCc2cccc(OC(F)(F)F)c2)c(=O)n1. The van der Waals surface area contributed by atoms with Gasteiger partial charge >= 0.3 is 18.1 Å². The van der Waals surface area contributed by atoms with Crippen molar-refractivity contribution in [1.82, 2.24) is 19.9 Å². The van der Waals surface area contributed by atoms with Gasteiger partial charge in [-0.1, -0.05) is 32.9 Å². The maximum Gasteiger partial charge on any atom is 0.573 e. The van der Waals surface area contributed by atoms with E-state index in [0.717, 1.165) is 27.9 Å². The third-order valence-electron chi connectivity index (χ3n) is 4.98. The molecule has 2 aromatic rings. The standard InChI is InChI=1S/C25H33F4N7O5/c1-24(2,3)15-40-23(39)34-20-8-10-35(22(38)33-20)9-7-17(26)13-36(31)14-19(30)21(37)32-12-16-5-4-6-18(11-16)41-25(27,28)29/h4-6,8,10-11,14,17H,7,9,12-13,15,30-31H2,1-3H3,(H,32,37)(H,33,34,38,39)/b19-14-. The number of ether oxygens (including phenoxy) is 2. The van der Waals surface area contributed by atoms with Crippen molar-refractivity contribution in [3.05, 3.63) is 64.5 Å². The summed E-state index contributed by atoms with van der Waals surface area (Å²) in [5.41, 5.74) is 4.68. The molecule has 16 heteroatoms. The number of halogens is 4. The van der Waals surface area contributed by atoms with E-state index in [4.69, 9.17) is 16.3 Å². The Hall–Kier alpha value is -4.34. The molecule has 0 saturated heterocycles. The van der Waals surface area contributed by atoms with Crippen molar-refractivity contribution in [2.75, 3.05) is 18.5 Å². The van der Waals surface area contributed by atoms with Crippen molar-refractivity contribution in [3.8, 4) is 5.75 Å². The number of hydrazine groups is 1. The van der Waals surface area contributed by atoms with Gasteiger partial charge in [0.05, 0.1) is 13.2 Å². The molecule has 41 heavy (non-hydrogen) atoms. The van der Waals surface area contributed by atoms with Crippen LogP contribution in [0.3, 0.4) is 0 Å². The largest absolute Gasteiger partial charge is 0.573 e. The molecule has 1 heterocycles. The number of aromatic nitrogens is 2. The van der Waals surface area contributed by atoms with E-state index < -0.39 is 36.0 Å². The van der Waals surface area contributed by atoms with E-state index in [1.54, 1.807) is 0 Å². The zero-order chi connectivity index (χ0) is 30.8. The fourth-order valence-corrected chi connectivity index (χ4v) is 3.12. The van der Waals surface area contributed by atoms with Crippen molar-refractivity contribution in [2.24, 2.45) is 17.0 Å². The normalized spacial score (nSPS) is 12.8. The smallest absolute Gasteiger partial charge is 0.449 e. The lowest BCUT2D eigenvalue weighted by molar-refractivity contribution is -0.274. The highest BCUT2D eigenvalue weighted by molar-refractivity contribution is 5.92. The number of nitrogens with two attached hydrogens (primary N) is 2. The molecule has 226 valence electrons. The van der Waals surface area contributed by atoms with Crippen molar-refractivity contribution in [2.45, 2.75) is 52.8 Å². The maximum atomic E-state index is 14.5. The predicted molar refractivity (Wildman–Crippen MR) is 141 cm³/mol. The number of hydrogen-bond acceptors (Lipinski definition) is 9. The van der Waals surface area contributed by atoms with Crippen molar-refractivity contribution in [3.63, 3.8) is 0 Å². The van der Waals surface area contributed by atoms with Crippen LogP contribution in [0.15, 0.2) is 53.2 Å². The molecule has 1 atom stereocenters. The first-order valence-electron chi connectivity index (χ1n) is 12.3. The summed E-state index contributed by atoms with van der Waals surface area (Å²) in [7, 11) is 0. The third kappa shape index (κ3) is 13.0. The molecule has 0 spiro atoms. The highest BCUT2D eigenvalue weighted by atomic mass is 19.4. The van der Waals surface area contributed by atoms with E-state index in [-0.39, 0.29) is 49.6 Å². The molecular formula is C25H33F4N7O5. The van der Waals surface area contributed by atoms with Gasteiger partial charge in [0, 0.05) is 25.5 Å². The fourth-order valence-electron chi connectivity index (χ4n) is 3.12. The fraction of sp³-hybridized carbons (Fsp3) is 0.440. The zero-order valence-electron chi connectivity index (χ0n) is 22.7. The minimum atomic E-state index is -4.86. The summed E-state index contributed by atoms with van der Waals surface area (Å²) in [6, 6.07) is 6.37. The number of rotatable bonds is 12. The van der Waals surface area contributed by atoms with Crippen LogP contribution >= 0.6 is 0 Å². The van der Waals surface area contributed by atoms with E-state index in [0.29, 0.717) is 5.56 Å². The molecule has 1 unspecified atom stereocenters. The number of carbonyl (C=O) groups is 2. The highest BCUT2D eigenvalue weighted by Crippen LogP contribution is 2.23. The van der Waals surface area contributed by atoms with Crippen LogP contribution in [0, 0.1) is 5.41 Å². The Morgan fingerprint density at radius 2 is 1.93 bits per heavy atom. The first kappa shape index (κ1) is 32.9. The van der Waals surface area contributed by atoms with Crippen LogP contribution in [0.4, 0.5) is 28.2 Å². The van der Waals surface area contributed by atoms with Crippen molar-refractivity contribution >= 4 is 17.8 Å². The second-order valence-electron chi connectivity index (χ2n) is 10.1. The van der Waals surface area contributed by atoms with Gasteiger partial charge in [-0.05, 0) is 35.6 Å². The van der Waals surface area contributed by atoms with E-state index >= 15 is 0 Å². The Morgan fingerprint density at radius 3 is 2.56 bits per heavy atom. The quantitative estimate of drug-likeness (QED) is 0.126. The lowest BCUT2D eigenvalue weighted by Gasteiger charge is -2.18. The number of anilines is 1. The molecular weight excluding hydrogens is 554 g/mol. The molecule has 12 nitrogen and oxygen atoms in total. The minimum absolute atomic E-state index is 0.0173. The first-order chi connectivity index (χ1) is 19.0. The molecule has 6 N–H and O–H groups in total. The van der Waals surface area contributed by atoms with E-state index in [1.807, 2.05) is 20.8 Å². The number of carbonyl (C=O) groups excluding carboxylic acids is 2. The van der Waals surface area contributed by atoms with Crippen LogP contribution in [-0.4, -0.2) is 52.2 Å². The number of amides is 2. The molecule has 0 aliphatic rings. The Kier molecular flexibility index (Phi) is 11.5. The van der Waals surface area contributed by atoms with Gasteiger partial charge in [0.25, 0.3) is 5.91 Å². The number of nitrogens with zero attached hydrogens (tertiary/aromatic N) is 3. The van der Waals surface area contributed by atoms with Crippen LogP contribution in [0.1, 0.15) is 32.8 Å². The van der Waals surface area contributed by atoms with Crippen LogP contribution in [0.2, 0.25) is 0 Å².